The van der Waals surface area contributed by atoms with Gasteiger partial charge in [-0.05, 0) is 31.7 Å². The molecule has 0 amide bonds. The van der Waals surface area contributed by atoms with Crippen LogP contribution < -0.4 is 0 Å². The number of rotatable bonds is 6. The zero-order chi connectivity index (χ0) is 16.2. The number of aromatic nitrogens is 2. The summed E-state index contributed by atoms with van der Waals surface area (Å²) in [4.78, 5) is 9.56. The van der Waals surface area contributed by atoms with Gasteiger partial charge in [0, 0.05) is 32.6 Å². The zero-order valence-corrected chi connectivity index (χ0v) is 14.9. The zero-order valence-electron chi connectivity index (χ0n) is 14.9. The highest BCUT2D eigenvalue weighted by Crippen LogP contribution is 2.22. The van der Waals surface area contributed by atoms with Crippen molar-refractivity contribution in [2.75, 3.05) is 32.7 Å². The van der Waals surface area contributed by atoms with E-state index >= 15 is 0 Å². The Morgan fingerprint density at radius 1 is 1.18 bits per heavy atom. The molecule has 22 heavy (non-hydrogen) atoms. The Labute approximate surface area is 135 Å². The SMILES string of the molecule is CCCc1noc([C@H](C)N2CCN(CCC(C)(C)C)CC2)n1. The molecule has 0 spiro atoms. The maximum absolute atomic E-state index is 5.43. The van der Waals surface area contributed by atoms with Crippen molar-refractivity contribution in [3.63, 3.8) is 0 Å². The van der Waals surface area contributed by atoms with Crippen LogP contribution in [-0.2, 0) is 6.42 Å². The topological polar surface area (TPSA) is 45.4 Å². The van der Waals surface area contributed by atoms with Crippen LogP contribution in [0.5, 0.6) is 0 Å². The first-order valence-corrected chi connectivity index (χ1v) is 8.68. The highest BCUT2D eigenvalue weighted by atomic mass is 16.5. The molecular weight excluding hydrogens is 276 g/mol. The van der Waals surface area contributed by atoms with Crippen LogP contribution in [0.2, 0.25) is 0 Å². The van der Waals surface area contributed by atoms with E-state index in [1.165, 1.54) is 13.0 Å². The van der Waals surface area contributed by atoms with Crippen LogP contribution in [0.4, 0.5) is 0 Å². The lowest BCUT2D eigenvalue weighted by molar-refractivity contribution is 0.0821. The highest BCUT2D eigenvalue weighted by Gasteiger charge is 2.26. The number of nitrogens with zero attached hydrogens (tertiary/aromatic N) is 4. The first kappa shape index (κ1) is 17.4. The lowest BCUT2D eigenvalue weighted by atomic mass is 9.92. The lowest BCUT2D eigenvalue weighted by Crippen LogP contribution is -2.47. The molecule has 0 aliphatic carbocycles. The fourth-order valence-corrected chi connectivity index (χ4v) is 2.79. The molecule has 0 saturated carbocycles. The van der Waals surface area contributed by atoms with E-state index in [9.17, 15) is 0 Å². The average Bonchev–Trinajstić information content (AvgIpc) is 2.93. The van der Waals surface area contributed by atoms with Gasteiger partial charge in [0.25, 0.3) is 0 Å². The predicted octanol–water partition coefficient (Wildman–Crippen LogP) is 3.14. The summed E-state index contributed by atoms with van der Waals surface area (Å²) in [5, 5.41) is 4.07. The van der Waals surface area contributed by atoms with Crippen molar-refractivity contribution < 1.29 is 4.52 Å². The van der Waals surface area contributed by atoms with E-state index in [1.54, 1.807) is 0 Å². The molecule has 0 aromatic carbocycles. The second kappa shape index (κ2) is 7.55. The average molecular weight is 308 g/mol. The van der Waals surface area contributed by atoms with Crippen molar-refractivity contribution in [3.8, 4) is 0 Å². The summed E-state index contributed by atoms with van der Waals surface area (Å²) in [5.74, 6) is 1.61. The molecule has 5 heteroatoms. The van der Waals surface area contributed by atoms with Gasteiger partial charge < -0.3 is 9.42 Å². The maximum atomic E-state index is 5.43. The highest BCUT2D eigenvalue weighted by molar-refractivity contribution is 4.93. The molecule has 1 aliphatic rings. The molecule has 1 saturated heterocycles. The Bertz CT molecular complexity index is 444. The lowest BCUT2D eigenvalue weighted by Gasteiger charge is -2.37. The first-order chi connectivity index (χ1) is 10.4. The third-order valence-corrected chi connectivity index (χ3v) is 4.45. The van der Waals surface area contributed by atoms with E-state index in [-0.39, 0.29) is 6.04 Å². The van der Waals surface area contributed by atoms with Crippen molar-refractivity contribution in [1.29, 1.82) is 0 Å². The van der Waals surface area contributed by atoms with Gasteiger partial charge in [-0.2, -0.15) is 4.98 Å². The Morgan fingerprint density at radius 3 is 2.45 bits per heavy atom. The molecule has 0 N–H and O–H groups in total. The minimum Gasteiger partial charge on any atom is -0.338 e. The quantitative estimate of drug-likeness (QED) is 0.808. The van der Waals surface area contributed by atoms with E-state index < -0.39 is 0 Å². The molecule has 1 aromatic rings. The number of aryl methyl sites for hydroxylation is 1. The summed E-state index contributed by atoms with van der Waals surface area (Å²) < 4.78 is 5.43. The van der Waals surface area contributed by atoms with Crippen molar-refractivity contribution in [1.82, 2.24) is 19.9 Å². The van der Waals surface area contributed by atoms with Crippen LogP contribution in [0.3, 0.4) is 0 Å². The van der Waals surface area contributed by atoms with Crippen LogP contribution >= 0.6 is 0 Å². The summed E-state index contributed by atoms with van der Waals surface area (Å²) in [7, 11) is 0. The Hall–Kier alpha value is -0.940. The fraction of sp³-hybridized carbons (Fsp3) is 0.882. The van der Waals surface area contributed by atoms with Gasteiger partial charge >= 0.3 is 0 Å². The van der Waals surface area contributed by atoms with E-state index in [0.717, 1.165) is 50.7 Å². The molecule has 0 unspecified atom stereocenters. The second-order valence-corrected chi connectivity index (χ2v) is 7.66. The predicted molar refractivity (Wildman–Crippen MR) is 88.8 cm³/mol. The van der Waals surface area contributed by atoms with E-state index in [1.807, 2.05) is 0 Å². The number of piperazine rings is 1. The van der Waals surface area contributed by atoms with E-state index in [4.69, 9.17) is 4.52 Å². The van der Waals surface area contributed by atoms with Crippen LogP contribution in [0, 0.1) is 5.41 Å². The summed E-state index contributed by atoms with van der Waals surface area (Å²) in [5.41, 5.74) is 0.420. The summed E-state index contributed by atoms with van der Waals surface area (Å²) in [6, 6.07) is 0.225. The number of hydrogen-bond acceptors (Lipinski definition) is 5. The minimum absolute atomic E-state index is 0.225. The van der Waals surface area contributed by atoms with Gasteiger partial charge in [0.1, 0.15) is 0 Å². The van der Waals surface area contributed by atoms with Crippen LogP contribution in [0.1, 0.15) is 65.2 Å². The minimum atomic E-state index is 0.225. The fourth-order valence-electron chi connectivity index (χ4n) is 2.79. The van der Waals surface area contributed by atoms with Crippen LogP contribution in [-0.4, -0.2) is 52.7 Å². The number of hydrogen-bond donors (Lipinski definition) is 0. The van der Waals surface area contributed by atoms with Gasteiger partial charge in [-0.1, -0.05) is 32.9 Å². The summed E-state index contributed by atoms with van der Waals surface area (Å²) >= 11 is 0. The van der Waals surface area contributed by atoms with Gasteiger partial charge in [-0.15, -0.1) is 0 Å². The smallest absolute Gasteiger partial charge is 0.243 e. The molecular formula is C17H32N4O. The molecule has 5 nitrogen and oxygen atoms in total. The molecule has 2 rings (SSSR count). The first-order valence-electron chi connectivity index (χ1n) is 8.68. The van der Waals surface area contributed by atoms with Gasteiger partial charge in [-0.25, -0.2) is 0 Å². The van der Waals surface area contributed by atoms with Crippen molar-refractivity contribution in [2.24, 2.45) is 5.41 Å². The van der Waals surface area contributed by atoms with Gasteiger partial charge in [0.2, 0.25) is 5.89 Å². The van der Waals surface area contributed by atoms with E-state index in [2.05, 4.69) is 54.6 Å². The van der Waals surface area contributed by atoms with Gasteiger partial charge in [0.15, 0.2) is 5.82 Å². The third kappa shape index (κ3) is 5.06. The molecule has 1 atom stereocenters. The molecule has 1 fully saturated rings. The third-order valence-electron chi connectivity index (χ3n) is 4.45. The molecule has 0 radical (unpaired) electrons. The normalized spacial score (nSPS) is 19.5. The molecule has 126 valence electrons. The summed E-state index contributed by atoms with van der Waals surface area (Å²) in [6.07, 6.45) is 3.21. The largest absolute Gasteiger partial charge is 0.338 e. The second-order valence-electron chi connectivity index (χ2n) is 7.66. The standard InChI is InChI=1S/C17H32N4O/c1-6-7-15-18-16(22-19-15)14(2)21-12-10-20(11-13-21)9-8-17(3,4)5/h14H,6-13H2,1-5H3/t14-/m0/s1. The summed E-state index contributed by atoms with van der Waals surface area (Å²) in [6.45, 7) is 16.9. The molecule has 2 heterocycles. The van der Waals surface area contributed by atoms with Gasteiger partial charge in [-0.3, -0.25) is 4.90 Å². The van der Waals surface area contributed by atoms with Crippen molar-refractivity contribution in [3.05, 3.63) is 11.7 Å². The Balaban J connectivity index is 1.80. The molecule has 1 aliphatic heterocycles. The van der Waals surface area contributed by atoms with Crippen molar-refractivity contribution >= 4 is 0 Å². The van der Waals surface area contributed by atoms with E-state index in [0.29, 0.717) is 5.41 Å². The maximum Gasteiger partial charge on any atom is 0.243 e. The monoisotopic (exact) mass is 308 g/mol. The van der Waals surface area contributed by atoms with Gasteiger partial charge in [0.05, 0.1) is 6.04 Å². The molecule has 1 aromatic heterocycles. The van der Waals surface area contributed by atoms with Crippen LogP contribution in [0.15, 0.2) is 4.52 Å². The van der Waals surface area contributed by atoms with Crippen molar-refractivity contribution in [2.45, 2.75) is 59.9 Å². The Kier molecular flexibility index (Phi) is 5.98. The molecule has 0 bridgehead atoms. The Morgan fingerprint density at radius 2 is 1.86 bits per heavy atom. The van der Waals surface area contributed by atoms with Crippen LogP contribution in [0.25, 0.3) is 0 Å².